The zero-order valence-electron chi connectivity index (χ0n) is 14.4. The largest absolute Gasteiger partial charge is 0.464 e. The minimum absolute atomic E-state index is 0.122. The smallest absolute Gasteiger partial charge is 0.221 e. The van der Waals surface area contributed by atoms with E-state index in [4.69, 9.17) is 8.83 Å². The zero-order chi connectivity index (χ0) is 18.7. The van der Waals surface area contributed by atoms with E-state index in [1.165, 1.54) is 12.3 Å². The number of nitrogens with zero attached hydrogens (tertiary/aromatic N) is 1. The maximum Gasteiger partial charge on any atom is 0.221 e. The lowest BCUT2D eigenvalue weighted by atomic mass is 10.2. The second-order valence-electron chi connectivity index (χ2n) is 5.98. The molecule has 0 radical (unpaired) electrons. The molecular formula is C19H18F2N2O3. The maximum atomic E-state index is 13.8. The number of aromatic nitrogens is 1. The highest BCUT2D eigenvalue weighted by molar-refractivity contribution is 5.76. The number of hydrogen-bond acceptors (Lipinski definition) is 4. The van der Waals surface area contributed by atoms with Gasteiger partial charge in [0.25, 0.3) is 0 Å². The monoisotopic (exact) mass is 360 g/mol. The Labute approximate surface area is 149 Å². The van der Waals surface area contributed by atoms with Crippen molar-refractivity contribution < 1.29 is 22.4 Å². The molecule has 26 heavy (non-hydrogen) atoms. The van der Waals surface area contributed by atoms with Crippen molar-refractivity contribution in [3.63, 3.8) is 0 Å². The summed E-state index contributed by atoms with van der Waals surface area (Å²) < 4.78 is 37.7. The number of benzene rings is 1. The van der Waals surface area contributed by atoms with E-state index in [2.05, 4.69) is 10.3 Å². The van der Waals surface area contributed by atoms with Crippen LogP contribution in [0, 0.1) is 18.6 Å². The van der Waals surface area contributed by atoms with Gasteiger partial charge in [0, 0.05) is 18.9 Å². The first-order valence-electron chi connectivity index (χ1n) is 8.18. The fourth-order valence-corrected chi connectivity index (χ4v) is 2.53. The van der Waals surface area contributed by atoms with Crippen LogP contribution in [0.2, 0.25) is 0 Å². The normalized spacial score (nSPS) is 12.2. The molecule has 0 fully saturated rings. The van der Waals surface area contributed by atoms with Crippen molar-refractivity contribution in [2.75, 3.05) is 0 Å². The van der Waals surface area contributed by atoms with Crippen LogP contribution in [0.4, 0.5) is 8.78 Å². The van der Waals surface area contributed by atoms with Crippen LogP contribution in [0.3, 0.4) is 0 Å². The van der Waals surface area contributed by atoms with Crippen LogP contribution in [0.5, 0.6) is 0 Å². The van der Waals surface area contributed by atoms with Gasteiger partial charge in [-0.1, -0.05) is 0 Å². The fourth-order valence-electron chi connectivity index (χ4n) is 2.53. The average Bonchev–Trinajstić information content (AvgIpc) is 3.22. The van der Waals surface area contributed by atoms with Crippen LogP contribution in [-0.4, -0.2) is 10.9 Å². The summed E-state index contributed by atoms with van der Waals surface area (Å²) >= 11 is 0. The van der Waals surface area contributed by atoms with E-state index in [-0.39, 0.29) is 36.1 Å². The fraction of sp³-hybridized carbons (Fsp3) is 0.263. The molecule has 3 rings (SSSR count). The third kappa shape index (κ3) is 4.17. The van der Waals surface area contributed by atoms with Crippen molar-refractivity contribution in [2.45, 2.75) is 32.7 Å². The van der Waals surface area contributed by atoms with Gasteiger partial charge in [-0.3, -0.25) is 4.79 Å². The lowest BCUT2D eigenvalue weighted by molar-refractivity contribution is -0.121. The number of nitrogens with one attached hydrogen (secondary N) is 1. The van der Waals surface area contributed by atoms with Crippen molar-refractivity contribution in [1.29, 1.82) is 0 Å². The highest BCUT2D eigenvalue weighted by Crippen LogP contribution is 2.24. The molecule has 0 aliphatic heterocycles. The molecule has 1 aromatic carbocycles. The Morgan fingerprint density at radius 1 is 1.23 bits per heavy atom. The molecule has 0 aliphatic carbocycles. The zero-order valence-corrected chi connectivity index (χ0v) is 14.4. The lowest BCUT2D eigenvalue weighted by Gasteiger charge is -2.10. The van der Waals surface area contributed by atoms with Gasteiger partial charge in [-0.05, 0) is 38.1 Å². The van der Waals surface area contributed by atoms with Gasteiger partial charge in [0.1, 0.15) is 23.2 Å². The Morgan fingerprint density at radius 3 is 2.73 bits per heavy atom. The molecule has 3 aromatic rings. The summed E-state index contributed by atoms with van der Waals surface area (Å²) in [5.74, 6) is 0.385. The molecule has 2 heterocycles. The van der Waals surface area contributed by atoms with Crippen LogP contribution in [0.25, 0.3) is 11.3 Å². The minimum atomic E-state index is -0.729. The Hall–Kier alpha value is -2.96. The molecule has 1 atom stereocenters. The third-order valence-corrected chi connectivity index (χ3v) is 3.88. The Morgan fingerprint density at radius 2 is 2.04 bits per heavy atom. The van der Waals surface area contributed by atoms with Gasteiger partial charge in [0.2, 0.25) is 5.91 Å². The number of carbonyl (C=O) groups excluding carboxylic acids is 1. The van der Waals surface area contributed by atoms with E-state index in [0.29, 0.717) is 11.7 Å². The number of carbonyl (C=O) groups is 1. The van der Waals surface area contributed by atoms with Crippen molar-refractivity contribution in [1.82, 2.24) is 10.3 Å². The molecule has 0 saturated carbocycles. The number of hydrogen-bond donors (Lipinski definition) is 1. The molecule has 136 valence electrons. The van der Waals surface area contributed by atoms with E-state index in [1.54, 1.807) is 0 Å². The van der Waals surface area contributed by atoms with E-state index in [1.807, 2.05) is 26.0 Å². The first kappa shape index (κ1) is 17.8. The number of amides is 1. The Balaban J connectivity index is 1.57. The van der Waals surface area contributed by atoms with Gasteiger partial charge in [-0.2, -0.15) is 0 Å². The summed E-state index contributed by atoms with van der Waals surface area (Å²) in [6, 6.07) is 6.62. The van der Waals surface area contributed by atoms with Gasteiger partial charge in [0.15, 0.2) is 11.7 Å². The molecule has 0 saturated heterocycles. The molecule has 0 bridgehead atoms. The summed E-state index contributed by atoms with van der Waals surface area (Å²) in [7, 11) is 0. The van der Waals surface area contributed by atoms with Crippen LogP contribution in [-0.2, 0) is 11.2 Å². The topological polar surface area (TPSA) is 68.3 Å². The number of halogens is 2. The third-order valence-electron chi connectivity index (χ3n) is 3.88. The lowest BCUT2D eigenvalue weighted by Crippen LogP contribution is -2.26. The molecule has 1 amide bonds. The first-order chi connectivity index (χ1) is 12.4. The summed E-state index contributed by atoms with van der Waals surface area (Å²) in [4.78, 5) is 16.1. The molecule has 0 spiro atoms. The SMILES string of the molecule is Cc1ccc(C(C)NC(=O)CCc2ncc(-c3ccc(F)cc3F)o2)o1. The summed E-state index contributed by atoms with van der Waals surface area (Å²) in [6.45, 7) is 3.67. The number of rotatable bonds is 6. The highest BCUT2D eigenvalue weighted by atomic mass is 19.1. The van der Waals surface area contributed by atoms with E-state index < -0.39 is 11.6 Å². The van der Waals surface area contributed by atoms with Gasteiger partial charge in [-0.25, -0.2) is 13.8 Å². The van der Waals surface area contributed by atoms with Crippen LogP contribution in [0.15, 0.2) is 45.4 Å². The number of aryl methyl sites for hydroxylation is 2. The van der Waals surface area contributed by atoms with Gasteiger partial charge >= 0.3 is 0 Å². The summed E-state index contributed by atoms with van der Waals surface area (Å²) in [6.07, 6.45) is 1.78. The Bertz CT molecular complexity index is 917. The molecule has 1 N–H and O–H groups in total. The molecule has 0 aliphatic rings. The van der Waals surface area contributed by atoms with Gasteiger partial charge < -0.3 is 14.2 Å². The van der Waals surface area contributed by atoms with Crippen molar-refractivity contribution in [3.8, 4) is 11.3 Å². The average molecular weight is 360 g/mol. The molecule has 7 heteroatoms. The van der Waals surface area contributed by atoms with Crippen LogP contribution in [0.1, 0.15) is 36.8 Å². The predicted octanol–water partition coefficient (Wildman–Crippen LogP) is 4.33. The Kier molecular flexibility index (Phi) is 5.16. The van der Waals surface area contributed by atoms with Crippen molar-refractivity contribution >= 4 is 5.91 Å². The first-order valence-corrected chi connectivity index (χ1v) is 8.18. The molecule has 2 aromatic heterocycles. The standard InChI is InChI=1S/C19H18F2N2O3/c1-11-3-6-16(25-11)12(2)23-18(24)7-8-19-22-10-17(26-19)14-5-4-13(20)9-15(14)21/h3-6,9-10,12H,7-8H2,1-2H3,(H,23,24). The highest BCUT2D eigenvalue weighted by Gasteiger charge is 2.15. The van der Waals surface area contributed by atoms with Gasteiger partial charge in [-0.15, -0.1) is 0 Å². The van der Waals surface area contributed by atoms with Crippen molar-refractivity contribution in [2.24, 2.45) is 0 Å². The number of furan rings is 1. The van der Waals surface area contributed by atoms with Crippen LogP contribution >= 0.6 is 0 Å². The summed E-state index contributed by atoms with van der Waals surface area (Å²) in [5, 5.41) is 2.83. The van der Waals surface area contributed by atoms with Crippen LogP contribution < -0.4 is 5.32 Å². The van der Waals surface area contributed by atoms with Crippen molar-refractivity contribution in [3.05, 3.63) is 65.6 Å². The maximum absolute atomic E-state index is 13.8. The second kappa shape index (κ2) is 7.51. The predicted molar refractivity (Wildman–Crippen MR) is 90.2 cm³/mol. The van der Waals surface area contributed by atoms with E-state index in [9.17, 15) is 13.6 Å². The van der Waals surface area contributed by atoms with Gasteiger partial charge in [0.05, 0.1) is 17.8 Å². The second-order valence-corrected chi connectivity index (χ2v) is 5.98. The quantitative estimate of drug-likeness (QED) is 0.710. The molecular weight excluding hydrogens is 342 g/mol. The summed E-state index contributed by atoms with van der Waals surface area (Å²) in [5.41, 5.74) is 0.122. The minimum Gasteiger partial charge on any atom is -0.464 e. The number of oxazole rings is 1. The molecule has 1 unspecified atom stereocenters. The van der Waals surface area contributed by atoms with E-state index in [0.717, 1.165) is 17.9 Å². The van der Waals surface area contributed by atoms with E-state index >= 15 is 0 Å². The molecule has 5 nitrogen and oxygen atoms in total.